The van der Waals surface area contributed by atoms with E-state index in [0.717, 1.165) is 103 Å². The molecule has 0 radical (unpaired) electrons. The monoisotopic (exact) mass is 989 g/mol. The Hall–Kier alpha value is -4.99. The summed E-state index contributed by atoms with van der Waals surface area (Å²) < 4.78 is 10.1. The van der Waals surface area contributed by atoms with Gasteiger partial charge in [0.25, 0.3) is 0 Å². The first-order valence-corrected chi connectivity index (χ1v) is 27.4. The van der Waals surface area contributed by atoms with Crippen LogP contribution in [0.25, 0.3) is 21.3 Å². The molecule has 4 saturated carbocycles. The minimum Gasteiger partial charge on any atom is -0.476 e. The number of aryl methyl sites for hydroxylation is 1. The highest BCUT2D eigenvalue weighted by atomic mass is 32.1. The molecule has 4 aromatic heterocycles. The minimum absolute atomic E-state index is 0.0380. The number of para-hydroxylation sites is 1. The van der Waals surface area contributed by atoms with Crippen LogP contribution in [0.4, 0.5) is 22.6 Å². The molecule has 0 aliphatic heterocycles. The SMILES string of the molecule is CCCCCCCCCCCC(=O)N(C)CCCCN(c1cc(C)c(Nc2nc3ccccc3s2)nn1)c1ccc(-c2cnn(CC34CC5(C)CC(C)(C3)CC(OCCN(C)C)(C5)C4)c2C)c(C(=O)O)n1. The lowest BCUT2D eigenvalue weighted by Crippen LogP contribution is -2.64. The number of unbranched alkanes of at least 4 members (excludes halogenated alkanes) is 9. The number of anilines is 4. The number of likely N-dealkylation sites (N-methyl/N-ethyl adjacent to an activating group) is 1. The second-order valence-corrected chi connectivity index (χ2v) is 23.8. The molecule has 71 heavy (non-hydrogen) atoms. The summed E-state index contributed by atoms with van der Waals surface area (Å²) >= 11 is 1.55. The zero-order valence-corrected chi connectivity index (χ0v) is 44.8. The molecule has 15 heteroatoms. The summed E-state index contributed by atoms with van der Waals surface area (Å²) in [5, 5.41) is 29.2. The van der Waals surface area contributed by atoms with Crippen LogP contribution in [0.5, 0.6) is 0 Å². The van der Waals surface area contributed by atoms with Crippen molar-refractivity contribution in [1.29, 1.82) is 0 Å². The largest absolute Gasteiger partial charge is 0.476 e. The first kappa shape index (κ1) is 52.3. The molecule has 2 N–H and O–H groups in total. The van der Waals surface area contributed by atoms with Gasteiger partial charge in [-0.25, -0.2) is 14.8 Å². The number of rotatable bonds is 27. The van der Waals surface area contributed by atoms with E-state index < -0.39 is 5.97 Å². The maximum Gasteiger partial charge on any atom is 0.355 e. The number of nitrogens with one attached hydrogen (secondary N) is 1. The Labute approximate surface area is 426 Å². The van der Waals surface area contributed by atoms with Crippen LogP contribution < -0.4 is 10.2 Å². The molecule has 0 saturated heterocycles. The van der Waals surface area contributed by atoms with Gasteiger partial charge in [0.2, 0.25) is 5.91 Å². The number of nitrogens with zero attached hydrogens (tertiary/aromatic N) is 9. The molecule has 4 bridgehead atoms. The number of carbonyl (C=O) groups excluding carboxylic acids is 1. The van der Waals surface area contributed by atoms with E-state index in [1.165, 1.54) is 51.4 Å². The quantitative estimate of drug-likeness (QED) is 0.0481. The van der Waals surface area contributed by atoms with Gasteiger partial charge in [-0.15, -0.1) is 10.2 Å². The van der Waals surface area contributed by atoms with Crippen molar-refractivity contribution >= 4 is 56.0 Å². The van der Waals surface area contributed by atoms with E-state index in [1.807, 2.05) is 72.4 Å². The molecule has 384 valence electrons. The lowest BCUT2D eigenvalue weighted by molar-refractivity contribution is -0.248. The Kier molecular flexibility index (Phi) is 16.5. The molecule has 4 aliphatic rings. The lowest BCUT2D eigenvalue weighted by Gasteiger charge is -2.69. The van der Waals surface area contributed by atoms with Crippen molar-refractivity contribution in [1.82, 2.24) is 39.7 Å². The summed E-state index contributed by atoms with van der Waals surface area (Å²) in [7, 11) is 6.10. The highest BCUT2D eigenvalue weighted by molar-refractivity contribution is 7.22. The number of thiazole rings is 1. The topological polar surface area (TPSA) is 155 Å². The van der Waals surface area contributed by atoms with E-state index in [0.29, 0.717) is 48.9 Å². The number of hydrogen-bond donors (Lipinski definition) is 2. The smallest absolute Gasteiger partial charge is 0.355 e. The Morgan fingerprint density at radius 1 is 0.789 bits per heavy atom. The van der Waals surface area contributed by atoms with Gasteiger partial charge in [-0.1, -0.05) is 95.6 Å². The summed E-state index contributed by atoms with van der Waals surface area (Å²) in [5.41, 5.74) is 4.29. The number of aromatic carboxylic acids is 1. The maximum atomic E-state index is 13.3. The Morgan fingerprint density at radius 2 is 1.49 bits per heavy atom. The molecule has 4 fully saturated rings. The van der Waals surface area contributed by atoms with E-state index >= 15 is 0 Å². The Morgan fingerprint density at radius 3 is 2.18 bits per heavy atom. The number of ether oxygens (including phenoxy) is 1. The van der Waals surface area contributed by atoms with Gasteiger partial charge in [-0.05, 0) is 138 Å². The highest BCUT2D eigenvalue weighted by Gasteiger charge is 2.66. The van der Waals surface area contributed by atoms with Gasteiger partial charge >= 0.3 is 5.97 Å². The van der Waals surface area contributed by atoms with Crippen molar-refractivity contribution in [3.63, 3.8) is 0 Å². The normalized spacial score (nSPS) is 22.4. The van der Waals surface area contributed by atoms with Crippen molar-refractivity contribution < 1.29 is 19.4 Å². The third kappa shape index (κ3) is 12.6. The number of fused-ring (bicyclic) bond motifs is 1. The molecule has 1 aromatic carbocycles. The van der Waals surface area contributed by atoms with Crippen LogP contribution in [0, 0.1) is 30.1 Å². The fourth-order valence-corrected chi connectivity index (χ4v) is 14.2. The number of hydrogen-bond acceptors (Lipinski definition) is 12. The molecule has 1 amide bonds. The molecule has 14 nitrogen and oxygen atoms in total. The number of carboxylic acid groups (broad SMARTS) is 1. The van der Waals surface area contributed by atoms with E-state index in [2.05, 4.69) is 61.8 Å². The van der Waals surface area contributed by atoms with Gasteiger partial charge in [-0.3, -0.25) is 9.48 Å². The maximum absolute atomic E-state index is 13.3. The molecule has 0 spiro atoms. The van der Waals surface area contributed by atoms with E-state index in [9.17, 15) is 14.7 Å². The second kappa shape index (κ2) is 22.4. The predicted molar refractivity (Wildman–Crippen MR) is 286 cm³/mol. The van der Waals surface area contributed by atoms with E-state index in [1.54, 1.807) is 11.3 Å². The van der Waals surface area contributed by atoms with E-state index in [4.69, 9.17) is 24.9 Å². The molecular formula is C56H80N10O4S. The van der Waals surface area contributed by atoms with Crippen LogP contribution in [0.1, 0.15) is 158 Å². The van der Waals surface area contributed by atoms with Gasteiger partial charge in [0.1, 0.15) is 5.82 Å². The van der Waals surface area contributed by atoms with Crippen LogP contribution in [0.3, 0.4) is 0 Å². The number of carbonyl (C=O) groups is 2. The van der Waals surface area contributed by atoms with Crippen LogP contribution in [-0.2, 0) is 16.1 Å². The zero-order chi connectivity index (χ0) is 50.4. The van der Waals surface area contributed by atoms with Crippen molar-refractivity contribution in [3.8, 4) is 11.1 Å². The molecule has 4 aliphatic carbocycles. The Bertz CT molecular complexity index is 2580. The van der Waals surface area contributed by atoms with Gasteiger partial charge < -0.3 is 29.9 Å². The van der Waals surface area contributed by atoms with Crippen LogP contribution in [-0.4, -0.2) is 110 Å². The van der Waals surface area contributed by atoms with Gasteiger partial charge in [-0.2, -0.15) is 5.10 Å². The lowest BCUT2D eigenvalue weighted by atomic mass is 9.39. The standard InChI is InChI=1S/C56H80N10O4S/c1-9-10-11-12-13-14-15-16-17-24-48(67)64(8)27-20-21-28-65(47-31-40(2)50(62-61-47)60-52-58-44-22-18-19-23-45(44)71-52)46-26-25-42(49(59-46)51(68)69)43-32-57-66(41(43)3)39-55-34-53(4)33-54(5,35-55)37-56(36-53,38-55)70-30-29-63(6)7/h18-19,22-23,25-26,31-32H,9-17,20-21,24,27-30,33-39H2,1-8H3,(H,68,69)(H,58,60,62). The second-order valence-electron chi connectivity index (χ2n) is 22.8. The Balaban J connectivity index is 0.989. The summed E-state index contributed by atoms with van der Waals surface area (Å²) in [5.74, 6) is 0.665. The summed E-state index contributed by atoms with van der Waals surface area (Å²) in [4.78, 5) is 42.0. The number of pyridine rings is 1. The van der Waals surface area contributed by atoms with Crippen LogP contribution in [0.2, 0.25) is 0 Å². The number of carboxylic acids is 1. The highest BCUT2D eigenvalue weighted by Crippen LogP contribution is 2.72. The zero-order valence-electron chi connectivity index (χ0n) is 44.0. The van der Waals surface area contributed by atoms with Crippen LogP contribution >= 0.6 is 11.3 Å². The molecular weight excluding hydrogens is 909 g/mol. The summed E-state index contributed by atoms with van der Waals surface area (Å²) in [6.07, 6.45) is 21.6. The number of amides is 1. The first-order chi connectivity index (χ1) is 34.0. The van der Waals surface area contributed by atoms with Gasteiger partial charge in [0.15, 0.2) is 22.5 Å². The van der Waals surface area contributed by atoms with Crippen molar-refractivity contribution in [2.24, 2.45) is 16.2 Å². The van der Waals surface area contributed by atoms with Crippen molar-refractivity contribution in [3.05, 3.63) is 65.6 Å². The van der Waals surface area contributed by atoms with Gasteiger partial charge in [0.05, 0.1) is 28.6 Å². The molecule has 9 rings (SSSR count). The third-order valence-electron chi connectivity index (χ3n) is 15.6. The average molecular weight is 989 g/mol. The molecule has 2 atom stereocenters. The van der Waals surface area contributed by atoms with Crippen molar-refractivity contribution in [2.45, 2.75) is 162 Å². The fourth-order valence-electron chi connectivity index (χ4n) is 13.4. The number of aromatic nitrogens is 6. The average Bonchev–Trinajstić information content (AvgIpc) is 3.88. The molecule has 5 aromatic rings. The van der Waals surface area contributed by atoms with Crippen LogP contribution in [0.15, 0.2) is 48.7 Å². The predicted octanol–water partition coefficient (Wildman–Crippen LogP) is 12.4. The molecule has 4 heterocycles. The third-order valence-corrected chi connectivity index (χ3v) is 16.6. The first-order valence-electron chi connectivity index (χ1n) is 26.5. The molecule has 2 unspecified atom stereocenters. The summed E-state index contributed by atoms with van der Waals surface area (Å²) in [6, 6.07) is 13.7. The van der Waals surface area contributed by atoms with Gasteiger partial charge in [0, 0.05) is 56.5 Å². The van der Waals surface area contributed by atoms with Crippen molar-refractivity contribution in [2.75, 3.05) is 57.6 Å². The minimum atomic E-state index is -1.11. The fraction of sp³-hybridized carbons (Fsp3) is 0.625. The summed E-state index contributed by atoms with van der Waals surface area (Å²) in [6.45, 7) is 14.7. The van der Waals surface area contributed by atoms with E-state index in [-0.39, 0.29) is 33.4 Å². The number of benzene rings is 1.